The number of ether oxygens (including phenoxy) is 1. The van der Waals surface area contributed by atoms with Crippen LogP contribution in [-0.2, 0) is 4.74 Å². The van der Waals surface area contributed by atoms with Gasteiger partial charge < -0.3 is 14.9 Å². The van der Waals surface area contributed by atoms with Gasteiger partial charge in [-0.2, -0.15) is 0 Å². The lowest BCUT2D eigenvalue weighted by Gasteiger charge is -2.04. The third-order valence-electron chi connectivity index (χ3n) is 1.14. The van der Waals surface area contributed by atoms with Crippen molar-refractivity contribution < 1.29 is 24.6 Å². The van der Waals surface area contributed by atoms with E-state index in [1.54, 1.807) is 0 Å². The van der Waals surface area contributed by atoms with Gasteiger partial charge in [0.2, 0.25) is 11.8 Å². The predicted molar refractivity (Wildman–Crippen MR) is 41.5 cm³/mol. The molecule has 0 atom stereocenters. The van der Waals surface area contributed by atoms with Crippen LogP contribution in [0.3, 0.4) is 0 Å². The van der Waals surface area contributed by atoms with Gasteiger partial charge in [0.15, 0.2) is 6.07 Å². The highest BCUT2D eigenvalue weighted by Gasteiger charge is 2.12. The fraction of sp³-hybridized carbons (Fsp3) is 0.167. The van der Waals surface area contributed by atoms with Crippen LogP contribution in [0.2, 0.25) is 0 Å². The highest BCUT2D eigenvalue weighted by molar-refractivity contribution is 6.17. The minimum Gasteiger partial charge on any atom is -0.492 e. The van der Waals surface area contributed by atoms with Crippen LogP contribution in [0, 0.1) is 0 Å². The number of nitrogens with zero attached hydrogens (tertiary/aromatic N) is 1. The first-order chi connectivity index (χ1) is 6.15. The summed E-state index contributed by atoms with van der Waals surface area (Å²) in [7, 11) is 0. The monoisotopic (exact) mass is 207 g/mol. The summed E-state index contributed by atoms with van der Waals surface area (Å²) >= 11 is 5.06. The first-order valence-electron chi connectivity index (χ1n) is 3.16. The van der Waals surface area contributed by atoms with Crippen molar-refractivity contribution >= 4 is 17.8 Å². The quantitative estimate of drug-likeness (QED) is 0.550. The van der Waals surface area contributed by atoms with E-state index in [0.717, 1.165) is 12.1 Å². The van der Waals surface area contributed by atoms with Crippen LogP contribution in [-0.4, -0.2) is 27.2 Å². The molecule has 1 aromatic heterocycles. The van der Waals surface area contributed by atoms with Crippen LogP contribution in [0.5, 0.6) is 11.8 Å². The Kier molecular flexibility index (Phi) is 2.86. The number of aromatic nitrogens is 1. The van der Waals surface area contributed by atoms with Crippen LogP contribution in [0.1, 0.15) is 0 Å². The van der Waals surface area contributed by atoms with Crippen LogP contribution in [0.15, 0.2) is 12.1 Å². The largest absolute Gasteiger partial charge is 0.535 e. The molecule has 0 saturated heterocycles. The number of alkyl halides is 1. The second-order valence-electron chi connectivity index (χ2n) is 1.94. The Bertz CT molecular complexity index is 290. The van der Waals surface area contributed by atoms with Crippen molar-refractivity contribution in [2.75, 3.05) is 6.07 Å². The van der Waals surface area contributed by atoms with E-state index in [4.69, 9.17) is 21.8 Å². The van der Waals surface area contributed by atoms with Gasteiger partial charge >= 0.3 is 6.16 Å². The number of hydrogen-bond donors (Lipinski definition) is 2. The second-order valence-corrected chi connectivity index (χ2v) is 2.16. The van der Waals surface area contributed by atoms with E-state index in [9.17, 15) is 4.79 Å². The average Bonchev–Trinajstić information content (AvgIpc) is 2.36. The minimum atomic E-state index is -1.13. The van der Waals surface area contributed by atoms with E-state index < -0.39 is 17.9 Å². The summed E-state index contributed by atoms with van der Waals surface area (Å²) in [4.78, 5) is 15.0. The molecule has 1 aromatic rings. The normalized spacial score (nSPS) is 9.62. The van der Waals surface area contributed by atoms with Crippen LogP contribution in [0.4, 0.5) is 4.79 Å². The van der Waals surface area contributed by atoms with Gasteiger partial charge in [-0.25, -0.2) is 4.79 Å². The maximum Gasteiger partial charge on any atom is 0.535 e. The van der Waals surface area contributed by atoms with Gasteiger partial charge in [0.05, 0.1) is 0 Å². The number of halogens is 1. The van der Waals surface area contributed by atoms with E-state index in [1.165, 1.54) is 0 Å². The van der Waals surface area contributed by atoms with Crippen LogP contribution in [0.25, 0.3) is 0 Å². The fourth-order valence-electron chi connectivity index (χ4n) is 0.641. The molecule has 0 aromatic carbocycles. The Morgan fingerprint density at radius 1 is 1.46 bits per heavy atom. The highest BCUT2D eigenvalue weighted by atomic mass is 35.5. The molecule has 0 aliphatic carbocycles. The van der Waals surface area contributed by atoms with Crippen LogP contribution < -0.4 is 4.84 Å². The highest BCUT2D eigenvalue weighted by Crippen LogP contribution is 2.18. The number of aromatic hydroxyl groups is 2. The molecule has 0 spiro atoms. The Balaban J connectivity index is 2.68. The van der Waals surface area contributed by atoms with Gasteiger partial charge in [-0.3, -0.25) is 4.84 Å². The van der Waals surface area contributed by atoms with Crippen molar-refractivity contribution in [2.45, 2.75) is 0 Å². The molecule has 0 saturated carbocycles. The van der Waals surface area contributed by atoms with Gasteiger partial charge in [0.1, 0.15) is 0 Å². The Morgan fingerprint density at radius 2 is 2.00 bits per heavy atom. The SMILES string of the molecule is O=C(OCCl)On1c(O)ccc1O. The zero-order chi connectivity index (χ0) is 9.84. The predicted octanol–water partition coefficient (Wildman–Crippen LogP) is 0.661. The van der Waals surface area contributed by atoms with Gasteiger partial charge in [-0.1, -0.05) is 11.6 Å². The number of carbonyl (C=O) groups is 1. The van der Waals surface area contributed by atoms with Crippen molar-refractivity contribution in [1.29, 1.82) is 0 Å². The lowest BCUT2D eigenvalue weighted by atomic mass is 10.6. The lowest BCUT2D eigenvalue weighted by molar-refractivity contribution is 0.0456. The van der Waals surface area contributed by atoms with Crippen LogP contribution >= 0.6 is 11.6 Å². The van der Waals surface area contributed by atoms with E-state index in [-0.39, 0.29) is 6.07 Å². The third-order valence-corrected chi connectivity index (χ3v) is 1.24. The molecule has 6 nitrogen and oxygen atoms in total. The van der Waals surface area contributed by atoms with Crippen molar-refractivity contribution in [1.82, 2.24) is 4.73 Å². The van der Waals surface area contributed by atoms with E-state index in [1.807, 2.05) is 0 Å². The molecule has 0 aliphatic heterocycles. The third kappa shape index (κ3) is 2.19. The Hall–Kier alpha value is -1.56. The van der Waals surface area contributed by atoms with Crippen molar-refractivity contribution in [3.8, 4) is 11.8 Å². The Labute approximate surface area is 77.8 Å². The first-order valence-corrected chi connectivity index (χ1v) is 3.69. The molecule has 2 N–H and O–H groups in total. The molecular weight excluding hydrogens is 202 g/mol. The maximum absolute atomic E-state index is 10.6. The first kappa shape index (κ1) is 9.53. The number of hydrogen-bond acceptors (Lipinski definition) is 5. The maximum atomic E-state index is 10.6. The van der Waals surface area contributed by atoms with Gasteiger partial charge in [-0.15, -0.1) is 4.73 Å². The topological polar surface area (TPSA) is 80.9 Å². The summed E-state index contributed by atoms with van der Waals surface area (Å²) in [5, 5.41) is 18.0. The molecule has 0 fully saturated rings. The van der Waals surface area contributed by atoms with Crippen molar-refractivity contribution in [2.24, 2.45) is 0 Å². The molecule has 13 heavy (non-hydrogen) atoms. The van der Waals surface area contributed by atoms with Gasteiger partial charge in [0.25, 0.3) is 0 Å². The summed E-state index contributed by atoms with van der Waals surface area (Å²) in [5.74, 6) is -0.854. The molecule has 1 heterocycles. The minimum absolute atomic E-state index is 0.373. The average molecular weight is 208 g/mol. The Morgan fingerprint density at radius 3 is 2.46 bits per heavy atom. The van der Waals surface area contributed by atoms with Gasteiger partial charge in [0, 0.05) is 12.1 Å². The smallest absolute Gasteiger partial charge is 0.492 e. The van der Waals surface area contributed by atoms with E-state index in [2.05, 4.69) is 9.57 Å². The van der Waals surface area contributed by atoms with E-state index in [0.29, 0.717) is 4.73 Å². The molecule has 72 valence electrons. The molecule has 0 bridgehead atoms. The van der Waals surface area contributed by atoms with Crippen molar-refractivity contribution in [3.63, 3.8) is 0 Å². The molecule has 0 aliphatic rings. The summed E-state index contributed by atoms with van der Waals surface area (Å²) < 4.78 is 4.68. The number of carbonyl (C=O) groups excluding carboxylic acids is 1. The fourth-order valence-corrected chi connectivity index (χ4v) is 0.730. The summed E-state index contributed by atoms with van der Waals surface area (Å²) in [5.41, 5.74) is 0. The van der Waals surface area contributed by atoms with Gasteiger partial charge in [-0.05, 0) is 0 Å². The zero-order valence-electron chi connectivity index (χ0n) is 6.31. The molecule has 1 rings (SSSR count). The molecular formula is C6H6ClNO5. The molecule has 7 heteroatoms. The van der Waals surface area contributed by atoms with Crippen molar-refractivity contribution in [3.05, 3.63) is 12.1 Å². The number of rotatable bonds is 2. The molecule has 0 radical (unpaired) electrons. The lowest BCUT2D eigenvalue weighted by Crippen LogP contribution is -2.19. The zero-order valence-corrected chi connectivity index (χ0v) is 7.06. The summed E-state index contributed by atoms with van der Waals surface area (Å²) in [6.07, 6.45) is -1.13. The molecule has 0 amide bonds. The molecule has 0 unspecified atom stereocenters. The summed E-state index contributed by atoms with van der Waals surface area (Å²) in [6.45, 7) is 0. The second kappa shape index (κ2) is 3.90. The summed E-state index contributed by atoms with van der Waals surface area (Å²) in [6, 6.07) is 1.91. The van der Waals surface area contributed by atoms with E-state index >= 15 is 0 Å². The standard InChI is InChI=1S/C6H6ClNO5/c7-3-12-6(11)13-8-4(9)1-2-5(8)10/h1-2,9-10H,3H2.